The largest absolute Gasteiger partial charge is 0.366 e. The molecule has 0 aromatic rings. The predicted octanol–water partition coefficient (Wildman–Crippen LogP) is 1.18. The molecule has 0 radical (unpaired) electrons. The van der Waals surface area contributed by atoms with E-state index in [1.54, 1.807) is 0 Å². The van der Waals surface area contributed by atoms with Crippen molar-refractivity contribution in [3.8, 4) is 0 Å². The van der Waals surface area contributed by atoms with E-state index >= 15 is 0 Å². The zero-order valence-corrected chi connectivity index (χ0v) is 8.60. The number of hydrogen-bond acceptors (Lipinski definition) is 2. The van der Waals surface area contributed by atoms with Crippen molar-refractivity contribution in [2.75, 3.05) is 6.54 Å². The number of carbonyl (C=O) groups excluding carboxylic acids is 1. The van der Waals surface area contributed by atoms with Gasteiger partial charge in [-0.05, 0) is 25.8 Å². The molecule has 4 N–H and O–H groups in total. The van der Waals surface area contributed by atoms with Crippen LogP contribution in [0.1, 0.15) is 33.1 Å². The summed E-state index contributed by atoms with van der Waals surface area (Å²) in [7, 11) is 0. The molecule has 0 spiro atoms. The van der Waals surface area contributed by atoms with Gasteiger partial charge in [0.25, 0.3) is 0 Å². The molecule has 76 valence electrons. The Hall–Kier alpha value is -0.830. The topological polar surface area (TPSA) is 69.1 Å². The number of rotatable bonds is 6. The van der Waals surface area contributed by atoms with E-state index in [9.17, 15) is 4.79 Å². The van der Waals surface area contributed by atoms with Crippen LogP contribution in [-0.4, -0.2) is 12.5 Å². The molecular weight excluding hydrogens is 164 g/mol. The standard InChI is InChI=1S/C10H20N2O/c1-4-10(5-2,6-7-11)8(3)9(12)13/h3-7,11H2,1-2H3,(H2,12,13). The molecule has 0 aromatic carbocycles. The van der Waals surface area contributed by atoms with Gasteiger partial charge in [0.2, 0.25) is 5.91 Å². The third-order valence-corrected chi connectivity index (χ3v) is 2.91. The molecule has 0 aliphatic carbocycles. The van der Waals surface area contributed by atoms with Crippen LogP contribution < -0.4 is 11.5 Å². The van der Waals surface area contributed by atoms with Gasteiger partial charge in [0.15, 0.2) is 0 Å². The maximum absolute atomic E-state index is 11.0. The van der Waals surface area contributed by atoms with Gasteiger partial charge in [-0.2, -0.15) is 0 Å². The zero-order valence-electron chi connectivity index (χ0n) is 8.60. The van der Waals surface area contributed by atoms with Crippen LogP contribution in [0.5, 0.6) is 0 Å². The van der Waals surface area contributed by atoms with Crippen LogP contribution in [0.15, 0.2) is 12.2 Å². The first-order valence-electron chi connectivity index (χ1n) is 4.73. The van der Waals surface area contributed by atoms with Gasteiger partial charge < -0.3 is 11.5 Å². The lowest BCUT2D eigenvalue weighted by atomic mass is 9.73. The SMILES string of the molecule is C=C(C(N)=O)C(CC)(CC)CCN. The molecule has 0 bridgehead atoms. The maximum Gasteiger partial charge on any atom is 0.244 e. The molecule has 0 aliphatic rings. The van der Waals surface area contributed by atoms with Gasteiger partial charge in [-0.1, -0.05) is 20.4 Å². The molecule has 1 amide bonds. The van der Waals surface area contributed by atoms with E-state index in [2.05, 4.69) is 6.58 Å². The summed E-state index contributed by atoms with van der Waals surface area (Å²) in [6, 6.07) is 0. The first kappa shape index (κ1) is 12.2. The molecule has 13 heavy (non-hydrogen) atoms. The van der Waals surface area contributed by atoms with E-state index < -0.39 is 5.91 Å². The molecule has 0 heterocycles. The molecule has 0 rings (SSSR count). The zero-order chi connectivity index (χ0) is 10.5. The molecule has 0 saturated heterocycles. The summed E-state index contributed by atoms with van der Waals surface area (Å²) in [5, 5.41) is 0. The normalized spacial score (nSPS) is 11.3. The highest BCUT2D eigenvalue weighted by molar-refractivity contribution is 5.92. The summed E-state index contributed by atoms with van der Waals surface area (Å²) < 4.78 is 0. The first-order valence-corrected chi connectivity index (χ1v) is 4.73. The van der Waals surface area contributed by atoms with E-state index in [-0.39, 0.29) is 5.41 Å². The van der Waals surface area contributed by atoms with E-state index in [1.165, 1.54) is 0 Å². The quantitative estimate of drug-likeness (QED) is 0.609. The second-order valence-corrected chi connectivity index (χ2v) is 3.37. The Kier molecular flexibility index (Phi) is 4.70. The fourth-order valence-corrected chi connectivity index (χ4v) is 1.72. The lowest BCUT2D eigenvalue weighted by Crippen LogP contribution is -2.32. The molecule has 0 fully saturated rings. The molecule has 0 aliphatic heterocycles. The van der Waals surface area contributed by atoms with Gasteiger partial charge in [-0.3, -0.25) is 4.79 Å². The van der Waals surface area contributed by atoms with Crippen molar-refractivity contribution in [2.24, 2.45) is 16.9 Å². The van der Waals surface area contributed by atoms with Gasteiger partial charge in [-0.25, -0.2) is 0 Å². The summed E-state index contributed by atoms with van der Waals surface area (Å²) in [6.07, 6.45) is 2.51. The van der Waals surface area contributed by atoms with E-state index in [1.807, 2.05) is 13.8 Å². The number of carbonyl (C=O) groups is 1. The van der Waals surface area contributed by atoms with Crippen LogP contribution in [0.3, 0.4) is 0 Å². The first-order chi connectivity index (χ1) is 6.04. The van der Waals surface area contributed by atoms with Crippen molar-refractivity contribution in [3.63, 3.8) is 0 Å². The summed E-state index contributed by atoms with van der Waals surface area (Å²) >= 11 is 0. The Morgan fingerprint density at radius 1 is 1.38 bits per heavy atom. The minimum atomic E-state index is -0.405. The second-order valence-electron chi connectivity index (χ2n) is 3.37. The molecule has 0 saturated carbocycles. The highest BCUT2D eigenvalue weighted by Gasteiger charge is 2.31. The molecule has 3 nitrogen and oxygen atoms in total. The Labute approximate surface area is 80.2 Å². The van der Waals surface area contributed by atoms with E-state index in [0.29, 0.717) is 12.1 Å². The van der Waals surface area contributed by atoms with Crippen LogP contribution >= 0.6 is 0 Å². The minimum Gasteiger partial charge on any atom is -0.366 e. The Bertz CT molecular complexity index is 195. The van der Waals surface area contributed by atoms with E-state index in [0.717, 1.165) is 19.3 Å². The molecule has 0 aromatic heterocycles. The van der Waals surface area contributed by atoms with Gasteiger partial charge in [-0.15, -0.1) is 0 Å². The van der Waals surface area contributed by atoms with Crippen LogP contribution in [-0.2, 0) is 4.79 Å². The fourth-order valence-electron chi connectivity index (χ4n) is 1.72. The third-order valence-electron chi connectivity index (χ3n) is 2.91. The number of amides is 1. The highest BCUT2D eigenvalue weighted by atomic mass is 16.1. The smallest absolute Gasteiger partial charge is 0.244 e. The summed E-state index contributed by atoms with van der Waals surface area (Å²) in [5.74, 6) is -0.405. The van der Waals surface area contributed by atoms with Crippen molar-refractivity contribution < 1.29 is 4.79 Å². The summed E-state index contributed by atoms with van der Waals surface area (Å²) in [4.78, 5) is 11.0. The van der Waals surface area contributed by atoms with Crippen LogP contribution in [0.2, 0.25) is 0 Å². The van der Waals surface area contributed by atoms with Crippen molar-refractivity contribution in [3.05, 3.63) is 12.2 Å². The Morgan fingerprint density at radius 2 is 1.85 bits per heavy atom. The lowest BCUT2D eigenvalue weighted by molar-refractivity contribution is -0.115. The molecule has 0 atom stereocenters. The summed E-state index contributed by atoms with van der Waals surface area (Å²) in [6.45, 7) is 8.39. The molecular formula is C10H20N2O. The van der Waals surface area contributed by atoms with Gasteiger partial charge in [0.05, 0.1) is 0 Å². The minimum absolute atomic E-state index is 0.180. The third kappa shape index (κ3) is 2.56. The van der Waals surface area contributed by atoms with Crippen molar-refractivity contribution in [1.29, 1.82) is 0 Å². The Balaban J connectivity index is 4.74. The Morgan fingerprint density at radius 3 is 2.08 bits per heavy atom. The fraction of sp³-hybridized carbons (Fsp3) is 0.700. The van der Waals surface area contributed by atoms with Crippen LogP contribution in [0.4, 0.5) is 0 Å². The van der Waals surface area contributed by atoms with Crippen molar-refractivity contribution in [1.82, 2.24) is 0 Å². The van der Waals surface area contributed by atoms with Gasteiger partial charge in [0, 0.05) is 11.0 Å². The average Bonchev–Trinajstić information content (AvgIpc) is 2.13. The molecule has 0 unspecified atom stereocenters. The molecule has 3 heteroatoms. The van der Waals surface area contributed by atoms with Crippen LogP contribution in [0, 0.1) is 5.41 Å². The summed E-state index contributed by atoms with van der Waals surface area (Å²) in [5.41, 5.74) is 11.1. The van der Waals surface area contributed by atoms with Gasteiger partial charge >= 0.3 is 0 Å². The number of primary amides is 1. The van der Waals surface area contributed by atoms with Crippen molar-refractivity contribution in [2.45, 2.75) is 33.1 Å². The van der Waals surface area contributed by atoms with E-state index in [4.69, 9.17) is 11.5 Å². The highest BCUT2D eigenvalue weighted by Crippen LogP contribution is 2.36. The lowest BCUT2D eigenvalue weighted by Gasteiger charge is -2.31. The average molecular weight is 184 g/mol. The number of hydrogen-bond donors (Lipinski definition) is 2. The van der Waals surface area contributed by atoms with Gasteiger partial charge in [0.1, 0.15) is 0 Å². The predicted molar refractivity (Wildman–Crippen MR) is 55.0 cm³/mol. The van der Waals surface area contributed by atoms with Crippen LogP contribution in [0.25, 0.3) is 0 Å². The number of nitrogens with two attached hydrogens (primary N) is 2. The maximum atomic E-state index is 11.0. The van der Waals surface area contributed by atoms with Crippen molar-refractivity contribution >= 4 is 5.91 Å². The monoisotopic (exact) mass is 184 g/mol. The second kappa shape index (κ2) is 5.02.